The van der Waals surface area contributed by atoms with Crippen molar-refractivity contribution in [1.82, 2.24) is 5.43 Å². The lowest BCUT2D eigenvalue weighted by atomic mass is 10.0. The number of amidine groups is 1. The van der Waals surface area contributed by atoms with Gasteiger partial charge in [-0.15, -0.1) is 0 Å². The third-order valence-electron chi connectivity index (χ3n) is 2.66. The van der Waals surface area contributed by atoms with Gasteiger partial charge in [-0.25, -0.2) is 0 Å². The van der Waals surface area contributed by atoms with Crippen LogP contribution in [-0.2, 0) is 0 Å². The van der Waals surface area contributed by atoms with Gasteiger partial charge in [0.25, 0.3) is 0 Å². The van der Waals surface area contributed by atoms with Gasteiger partial charge in [0.05, 0.1) is 5.71 Å². The molecule has 0 radical (unpaired) electrons. The van der Waals surface area contributed by atoms with Gasteiger partial charge in [0, 0.05) is 18.5 Å². The van der Waals surface area contributed by atoms with Crippen LogP contribution in [0.3, 0.4) is 0 Å². The molecule has 1 N–H and O–H groups in total. The molecule has 0 unspecified atom stereocenters. The average molecular weight is 248 g/mol. The Morgan fingerprint density at radius 3 is 2.71 bits per heavy atom. The number of nitrogens with zero attached hydrogens (tertiary/aromatic N) is 2. The molecule has 88 valence electrons. The van der Waals surface area contributed by atoms with Gasteiger partial charge in [0.15, 0.2) is 0 Å². The summed E-state index contributed by atoms with van der Waals surface area (Å²) in [4.78, 5) is 4.12. The average Bonchev–Trinajstić information content (AvgIpc) is 2.35. The Labute approximate surface area is 106 Å². The molecule has 0 saturated carbocycles. The Balaban J connectivity index is 2.29. The monoisotopic (exact) mass is 247 g/mol. The first-order valence-corrected chi connectivity index (χ1v) is 5.79. The molecular formula is C13H14ClN3. The van der Waals surface area contributed by atoms with Crippen molar-refractivity contribution < 1.29 is 0 Å². The maximum Gasteiger partial charge on any atom is 0.121 e. The van der Waals surface area contributed by atoms with Crippen molar-refractivity contribution in [2.75, 3.05) is 7.05 Å². The third-order valence-corrected chi connectivity index (χ3v) is 2.91. The second-order valence-corrected chi connectivity index (χ2v) is 4.31. The molecule has 4 heteroatoms. The number of aliphatic imine (C=N–C) groups is 1. The summed E-state index contributed by atoms with van der Waals surface area (Å²) in [5.74, 6) is 0.885. The number of rotatable bonds is 1. The van der Waals surface area contributed by atoms with Gasteiger partial charge in [0.1, 0.15) is 5.84 Å². The van der Waals surface area contributed by atoms with Crippen LogP contribution in [0.4, 0.5) is 0 Å². The molecule has 3 nitrogen and oxygen atoms in total. The summed E-state index contributed by atoms with van der Waals surface area (Å²) in [6, 6.07) is 7.76. The SMILES string of the molecule is CN=C1C/C(=C\c2ccc(Cl)cc2)C(C)=NN1. The third kappa shape index (κ3) is 2.94. The van der Waals surface area contributed by atoms with E-state index < -0.39 is 0 Å². The molecule has 0 atom stereocenters. The molecule has 0 aromatic heterocycles. The van der Waals surface area contributed by atoms with Gasteiger partial charge in [0.2, 0.25) is 0 Å². The molecular weight excluding hydrogens is 234 g/mol. The van der Waals surface area contributed by atoms with Crippen LogP contribution in [0.2, 0.25) is 5.02 Å². The van der Waals surface area contributed by atoms with E-state index >= 15 is 0 Å². The van der Waals surface area contributed by atoms with Gasteiger partial charge >= 0.3 is 0 Å². The van der Waals surface area contributed by atoms with Gasteiger partial charge < -0.3 is 0 Å². The minimum Gasteiger partial charge on any atom is -0.274 e. The lowest BCUT2D eigenvalue weighted by Gasteiger charge is -2.15. The van der Waals surface area contributed by atoms with E-state index in [0.29, 0.717) is 0 Å². The quantitative estimate of drug-likeness (QED) is 0.813. The number of hydrogen-bond acceptors (Lipinski definition) is 2. The predicted octanol–water partition coefficient (Wildman–Crippen LogP) is 3.12. The lowest BCUT2D eigenvalue weighted by Crippen LogP contribution is -2.26. The second kappa shape index (κ2) is 5.15. The maximum atomic E-state index is 5.86. The molecule has 0 spiro atoms. The number of hydrazone groups is 1. The Morgan fingerprint density at radius 1 is 1.35 bits per heavy atom. The number of nitrogens with one attached hydrogen (secondary N) is 1. The second-order valence-electron chi connectivity index (χ2n) is 3.88. The number of hydrogen-bond donors (Lipinski definition) is 1. The summed E-state index contributed by atoms with van der Waals surface area (Å²) in [5, 5.41) is 4.97. The Kier molecular flexibility index (Phi) is 3.59. The fourth-order valence-corrected chi connectivity index (χ4v) is 1.74. The molecule has 0 aliphatic carbocycles. The molecule has 0 bridgehead atoms. The van der Waals surface area contributed by atoms with Gasteiger partial charge in [-0.2, -0.15) is 5.10 Å². The van der Waals surface area contributed by atoms with Crippen molar-refractivity contribution in [2.24, 2.45) is 10.1 Å². The molecule has 2 rings (SSSR count). The fraction of sp³-hybridized carbons (Fsp3) is 0.231. The molecule has 1 aliphatic rings. The van der Waals surface area contributed by atoms with Gasteiger partial charge in [-0.05, 0) is 36.3 Å². The van der Waals surface area contributed by atoms with Crippen molar-refractivity contribution in [3.63, 3.8) is 0 Å². The first-order valence-electron chi connectivity index (χ1n) is 5.41. The van der Waals surface area contributed by atoms with Crippen LogP contribution >= 0.6 is 11.6 Å². The van der Waals surface area contributed by atoms with E-state index in [0.717, 1.165) is 28.6 Å². The summed E-state index contributed by atoms with van der Waals surface area (Å²) in [5.41, 5.74) is 6.21. The highest BCUT2D eigenvalue weighted by atomic mass is 35.5. The molecule has 1 aromatic rings. The largest absolute Gasteiger partial charge is 0.274 e. The predicted molar refractivity (Wildman–Crippen MR) is 73.6 cm³/mol. The molecule has 0 fully saturated rings. The molecule has 1 aromatic carbocycles. The summed E-state index contributed by atoms with van der Waals surface area (Å²) in [6.07, 6.45) is 2.90. The zero-order valence-corrected chi connectivity index (χ0v) is 10.6. The van der Waals surface area contributed by atoms with Crippen molar-refractivity contribution in [3.8, 4) is 0 Å². The molecule has 1 heterocycles. The highest BCUT2D eigenvalue weighted by molar-refractivity contribution is 6.30. The Hall–Kier alpha value is -1.61. The van der Waals surface area contributed by atoms with Crippen molar-refractivity contribution in [3.05, 3.63) is 40.4 Å². The highest BCUT2D eigenvalue weighted by Gasteiger charge is 2.11. The molecule has 0 saturated heterocycles. The van der Waals surface area contributed by atoms with Crippen LogP contribution in [0.1, 0.15) is 18.9 Å². The van der Waals surface area contributed by atoms with Crippen LogP contribution < -0.4 is 5.43 Å². The van der Waals surface area contributed by atoms with E-state index in [1.54, 1.807) is 7.05 Å². The normalized spacial score (nSPS) is 20.3. The Morgan fingerprint density at radius 2 is 2.06 bits per heavy atom. The van der Waals surface area contributed by atoms with Gasteiger partial charge in [-0.1, -0.05) is 23.7 Å². The first-order chi connectivity index (χ1) is 8.19. The van der Waals surface area contributed by atoms with E-state index in [2.05, 4.69) is 21.6 Å². The van der Waals surface area contributed by atoms with Crippen molar-refractivity contribution in [1.29, 1.82) is 0 Å². The van der Waals surface area contributed by atoms with E-state index in [1.165, 1.54) is 5.57 Å². The smallest absolute Gasteiger partial charge is 0.121 e. The lowest BCUT2D eigenvalue weighted by molar-refractivity contribution is 0.955. The summed E-state index contributed by atoms with van der Waals surface area (Å²) in [7, 11) is 1.76. The molecule has 17 heavy (non-hydrogen) atoms. The van der Waals surface area contributed by atoms with E-state index in [-0.39, 0.29) is 0 Å². The molecule has 0 amide bonds. The van der Waals surface area contributed by atoms with Crippen molar-refractivity contribution >= 4 is 29.2 Å². The zero-order chi connectivity index (χ0) is 12.3. The highest BCUT2D eigenvalue weighted by Crippen LogP contribution is 2.17. The van der Waals surface area contributed by atoms with Crippen LogP contribution in [0.25, 0.3) is 6.08 Å². The number of halogens is 1. The standard InChI is InChI=1S/C13H14ClN3/c1-9-11(8-13(15-2)17-16-9)7-10-3-5-12(14)6-4-10/h3-7H,8H2,1-2H3,(H,15,17)/b11-7+. The number of benzene rings is 1. The molecule has 1 aliphatic heterocycles. The van der Waals surface area contributed by atoms with Crippen LogP contribution in [0.5, 0.6) is 0 Å². The fourth-order valence-electron chi connectivity index (χ4n) is 1.61. The van der Waals surface area contributed by atoms with E-state index in [4.69, 9.17) is 11.6 Å². The zero-order valence-electron chi connectivity index (χ0n) is 9.87. The Bertz CT molecular complexity index is 498. The maximum absolute atomic E-state index is 5.86. The van der Waals surface area contributed by atoms with Gasteiger partial charge in [-0.3, -0.25) is 10.4 Å². The summed E-state index contributed by atoms with van der Waals surface area (Å²) in [6.45, 7) is 1.99. The van der Waals surface area contributed by atoms with Crippen LogP contribution in [0.15, 0.2) is 39.9 Å². The van der Waals surface area contributed by atoms with E-state index in [9.17, 15) is 0 Å². The van der Waals surface area contributed by atoms with E-state index in [1.807, 2.05) is 31.2 Å². The minimum atomic E-state index is 0.749. The first kappa shape index (κ1) is 11.9. The van der Waals surface area contributed by atoms with Crippen LogP contribution in [0, 0.1) is 0 Å². The van der Waals surface area contributed by atoms with Crippen molar-refractivity contribution in [2.45, 2.75) is 13.3 Å². The summed E-state index contributed by atoms with van der Waals surface area (Å²) >= 11 is 5.86. The topological polar surface area (TPSA) is 36.8 Å². The van der Waals surface area contributed by atoms with Crippen LogP contribution in [-0.4, -0.2) is 18.6 Å². The minimum absolute atomic E-state index is 0.749. The summed E-state index contributed by atoms with van der Waals surface area (Å²) < 4.78 is 0.